The summed E-state index contributed by atoms with van der Waals surface area (Å²) in [6, 6.07) is 6.05. The minimum absolute atomic E-state index is 0.480. The fourth-order valence-electron chi connectivity index (χ4n) is 1.58. The molecule has 88 valence electrons. The van der Waals surface area contributed by atoms with Crippen LogP contribution in [-0.4, -0.2) is 32.6 Å². The van der Waals surface area contributed by atoms with Gasteiger partial charge in [-0.2, -0.15) is 0 Å². The second-order valence-electron chi connectivity index (χ2n) is 4.07. The van der Waals surface area contributed by atoms with E-state index in [0.717, 1.165) is 29.0 Å². The fraction of sp³-hybridized carbons (Fsp3) is 0.385. The SMILES string of the molecule is C=C(CN)c1ccc(OC)c(CN(C)C)c1. The van der Waals surface area contributed by atoms with Gasteiger partial charge >= 0.3 is 0 Å². The Hall–Kier alpha value is -1.32. The number of hydrogen-bond donors (Lipinski definition) is 1. The van der Waals surface area contributed by atoms with Gasteiger partial charge in [0.1, 0.15) is 5.75 Å². The molecular formula is C13H20N2O. The summed E-state index contributed by atoms with van der Waals surface area (Å²) in [7, 11) is 5.75. The molecule has 0 spiro atoms. The Morgan fingerprint density at radius 3 is 2.62 bits per heavy atom. The molecule has 0 bridgehead atoms. The molecular weight excluding hydrogens is 200 g/mol. The molecule has 0 aliphatic heterocycles. The third-order valence-electron chi connectivity index (χ3n) is 2.42. The highest BCUT2D eigenvalue weighted by Gasteiger charge is 2.06. The molecule has 0 amide bonds. The quantitative estimate of drug-likeness (QED) is 0.821. The Balaban J connectivity index is 3.05. The summed E-state index contributed by atoms with van der Waals surface area (Å²) in [4.78, 5) is 2.10. The average Bonchev–Trinajstić information content (AvgIpc) is 2.27. The van der Waals surface area contributed by atoms with Gasteiger partial charge in [0.05, 0.1) is 7.11 Å². The van der Waals surface area contributed by atoms with Crippen LogP contribution in [0.25, 0.3) is 5.57 Å². The number of rotatable bonds is 5. The molecule has 0 saturated carbocycles. The van der Waals surface area contributed by atoms with Crippen molar-refractivity contribution in [2.75, 3.05) is 27.7 Å². The first-order valence-electron chi connectivity index (χ1n) is 5.28. The molecule has 0 aliphatic carbocycles. The van der Waals surface area contributed by atoms with Crippen molar-refractivity contribution in [2.45, 2.75) is 6.54 Å². The van der Waals surface area contributed by atoms with Crippen molar-refractivity contribution in [1.82, 2.24) is 4.90 Å². The highest BCUT2D eigenvalue weighted by Crippen LogP contribution is 2.23. The van der Waals surface area contributed by atoms with E-state index in [0.29, 0.717) is 6.54 Å². The standard InChI is InChI=1S/C13H20N2O/c1-10(8-14)11-5-6-13(16-4)12(7-11)9-15(2)3/h5-7H,1,8-9,14H2,2-4H3. The summed E-state index contributed by atoms with van der Waals surface area (Å²) in [6.45, 7) is 5.26. The molecule has 0 heterocycles. The molecule has 1 aromatic carbocycles. The molecule has 0 unspecified atom stereocenters. The van der Waals surface area contributed by atoms with E-state index in [9.17, 15) is 0 Å². The number of nitrogens with zero attached hydrogens (tertiary/aromatic N) is 1. The average molecular weight is 220 g/mol. The Kier molecular flexibility index (Phi) is 4.52. The first kappa shape index (κ1) is 12.7. The molecule has 3 nitrogen and oxygen atoms in total. The largest absolute Gasteiger partial charge is 0.496 e. The number of nitrogens with two attached hydrogens (primary N) is 1. The van der Waals surface area contributed by atoms with Crippen LogP contribution in [0.1, 0.15) is 11.1 Å². The minimum Gasteiger partial charge on any atom is -0.496 e. The van der Waals surface area contributed by atoms with Crippen LogP contribution in [0.5, 0.6) is 5.75 Å². The van der Waals surface area contributed by atoms with Crippen LogP contribution in [0.2, 0.25) is 0 Å². The van der Waals surface area contributed by atoms with E-state index < -0.39 is 0 Å². The van der Waals surface area contributed by atoms with Crippen molar-refractivity contribution in [1.29, 1.82) is 0 Å². The van der Waals surface area contributed by atoms with Crippen LogP contribution in [0.4, 0.5) is 0 Å². The van der Waals surface area contributed by atoms with Crippen molar-refractivity contribution in [3.8, 4) is 5.75 Å². The molecule has 1 aromatic rings. The summed E-state index contributed by atoms with van der Waals surface area (Å²) in [5, 5.41) is 0. The Labute approximate surface area is 97.5 Å². The molecule has 3 heteroatoms. The van der Waals surface area contributed by atoms with Crippen LogP contribution in [-0.2, 0) is 6.54 Å². The zero-order valence-corrected chi connectivity index (χ0v) is 10.3. The first-order valence-corrected chi connectivity index (χ1v) is 5.28. The Morgan fingerprint density at radius 1 is 1.44 bits per heavy atom. The normalized spacial score (nSPS) is 10.6. The van der Waals surface area contributed by atoms with Gasteiger partial charge in [0.2, 0.25) is 0 Å². The number of benzene rings is 1. The van der Waals surface area contributed by atoms with Gasteiger partial charge in [0.15, 0.2) is 0 Å². The predicted molar refractivity (Wildman–Crippen MR) is 68.5 cm³/mol. The summed E-state index contributed by atoms with van der Waals surface area (Å²) in [6.07, 6.45) is 0. The predicted octanol–water partition coefficient (Wildman–Crippen LogP) is 1.73. The Morgan fingerprint density at radius 2 is 2.12 bits per heavy atom. The molecule has 1 rings (SSSR count). The van der Waals surface area contributed by atoms with E-state index >= 15 is 0 Å². The second kappa shape index (κ2) is 5.68. The van der Waals surface area contributed by atoms with Crippen molar-refractivity contribution in [3.05, 3.63) is 35.9 Å². The first-order chi connectivity index (χ1) is 7.58. The van der Waals surface area contributed by atoms with Crippen molar-refractivity contribution < 1.29 is 4.74 Å². The van der Waals surface area contributed by atoms with E-state index in [2.05, 4.69) is 17.5 Å². The molecule has 0 saturated heterocycles. The zero-order chi connectivity index (χ0) is 12.1. The maximum Gasteiger partial charge on any atom is 0.123 e. The number of methoxy groups -OCH3 is 1. The highest BCUT2D eigenvalue weighted by molar-refractivity contribution is 5.66. The van der Waals surface area contributed by atoms with E-state index in [4.69, 9.17) is 10.5 Å². The smallest absolute Gasteiger partial charge is 0.123 e. The van der Waals surface area contributed by atoms with Crippen molar-refractivity contribution >= 4 is 5.57 Å². The van der Waals surface area contributed by atoms with Crippen LogP contribution in [0, 0.1) is 0 Å². The maximum atomic E-state index is 5.58. The fourth-order valence-corrected chi connectivity index (χ4v) is 1.58. The van der Waals surface area contributed by atoms with Gasteiger partial charge in [-0.15, -0.1) is 0 Å². The number of hydrogen-bond acceptors (Lipinski definition) is 3. The van der Waals surface area contributed by atoms with E-state index in [1.165, 1.54) is 0 Å². The molecule has 0 aliphatic rings. The van der Waals surface area contributed by atoms with Gasteiger partial charge in [-0.25, -0.2) is 0 Å². The monoisotopic (exact) mass is 220 g/mol. The minimum atomic E-state index is 0.480. The van der Waals surface area contributed by atoms with Gasteiger partial charge < -0.3 is 15.4 Å². The van der Waals surface area contributed by atoms with Gasteiger partial charge in [-0.3, -0.25) is 0 Å². The third kappa shape index (κ3) is 3.08. The van der Waals surface area contributed by atoms with Crippen LogP contribution >= 0.6 is 0 Å². The lowest BCUT2D eigenvalue weighted by Gasteiger charge is -2.15. The summed E-state index contributed by atoms with van der Waals surface area (Å²) >= 11 is 0. The zero-order valence-electron chi connectivity index (χ0n) is 10.3. The number of ether oxygens (including phenoxy) is 1. The lowest BCUT2D eigenvalue weighted by Crippen LogP contribution is -2.12. The summed E-state index contributed by atoms with van der Waals surface area (Å²) in [5.41, 5.74) is 8.77. The topological polar surface area (TPSA) is 38.5 Å². The third-order valence-corrected chi connectivity index (χ3v) is 2.42. The van der Waals surface area contributed by atoms with Crippen LogP contribution < -0.4 is 10.5 Å². The maximum absolute atomic E-state index is 5.58. The van der Waals surface area contributed by atoms with Gasteiger partial charge in [0, 0.05) is 18.7 Å². The van der Waals surface area contributed by atoms with Gasteiger partial charge in [-0.05, 0) is 37.4 Å². The molecule has 16 heavy (non-hydrogen) atoms. The van der Waals surface area contributed by atoms with E-state index in [1.807, 2.05) is 26.2 Å². The Bertz CT molecular complexity index is 372. The van der Waals surface area contributed by atoms with Gasteiger partial charge in [-0.1, -0.05) is 12.6 Å². The van der Waals surface area contributed by atoms with E-state index in [-0.39, 0.29) is 0 Å². The molecule has 0 atom stereocenters. The summed E-state index contributed by atoms with van der Waals surface area (Å²) in [5.74, 6) is 0.905. The van der Waals surface area contributed by atoms with E-state index in [1.54, 1.807) is 7.11 Å². The second-order valence-corrected chi connectivity index (χ2v) is 4.07. The van der Waals surface area contributed by atoms with Gasteiger partial charge in [0.25, 0.3) is 0 Å². The lowest BCUT2D eigenvalue weighted by atomic mass is 10.0. The molecule has 0 radical (unpaired) electrons. The van der Waals surface area contributed by atoms with Crippen molar-refractivity contribution in [3.63, 3.8) is 0 Å². The lowest BCUT2D eigenvalue weighted by molar-refractivity contribution is 0.372. The molecule has 0 fully saturated rings. The molecule has 2 N–H and O–H groups in total. The van der Waals surface area contributed by atoms with Crippen LogP contribution in [0.3, 0.4) is 0 Å². The molecule has 0 aromatic heterocycles. The summed E-state index contributed by atoms with van der Waals surface area (Å²) < 4.78 is 5.33. The van der Waals surface area contributed by atoms with Crippen molar-refractivity contribution in [2.24, 2.45) is 5.73 Å². The highest BCUT2D eigenvalue weighted by atomic mass is 16.5. The van der Waals surface area contributed by atoms with Crippen LogP contribution in [0.15, 0.2) is 24.8 Å².